The highest BCUT2D eigenvalue weighted by molar-refractivity contribution is 5.81. The summed E-state index contributed by atoms with van der Waals surface area (Å²) in [5.74, 6) is 1.53. The van der Waals surface area contributed by atoms with E-state index in [0.717, 1.165) is 37.3 Å². The lowest BCUT2D eigenvalue weighted by molar-refractivity contribution is -0.124. The van der Waals surface area contributed by atoms with Crippen molar-refractivity contribution in [2.24, 2.45) is 5.92 Å². The maximum atomic E-state index is 12.0. The first-order chi connectivity index (χ1) is 13.1. The van der Waals surface area contributed by atoms with Crippen molar-refractivity contribution < 1.29 is 14.4 Å². The number of carbonyl (C=O) groups is 1. The third kappa shape index (κ3) is 4.10. The molecule has 4 rings (SSSR count). The lowest BCUT2D eigenvalue weighted by Crippen LogP contribution is -2.36. The van der Waals surface area contributed by atoms with Crippen molar-refractivity contribution in [3.63, 3.8) is 0 Å². The normalized spacial score (nSPS) is 19.6. The van der Waals surface area contributed by atoms with Crippen LogP contribution < -0.4 is 10.2 Å². The summed E-state index contributed by atoms with van der Waals surface area (Å²) in [6.07, 6.45) is 6.36. The fourth-order valence-corrected chi connectivity index (χ4v) is 3.31. The van der Waals surface area contributed by atoms with Gasteiger partial charge in [0, 0.05) is 30.8 Å². The zero-order valence-electron chi connectivity index (χ0n) is 15.5. The molecule has 8 nitrogen and oxygen atoms in total. The van der Waals surface area contributed by atoms with E-state index in [9.17, 15) is 9.90 Å². The monoisotopic (exact) mass is 371 g/mol. The van der Waals surface area contributed by atoms with Gasteiger partial charge in [0.15, 0.2) is 0 Å². The van der Waals surface area contributed by atoms with Crippen LogP contribution >= 0.6 is 0 Å². The molecule has 8 heteroatoms. The minimum atomic E-state index is -0.833. The number of carbonyl (C=O) groups excluding carboxylic acids is 1. The topological polar surface area (TPSA) is 104 Å². The van der Waals surface area contributed by atoms with Gasteiger partial charge in [-0.25, -0.2) is 4.98 Å². The van der Waals surface area contributed by atoms with E-state index in [4.69, 9.17) is 4.52 Å². The van der Waals surface area contributed by atoms with Crippen LogP contribution in [0.1, 0.15) is 51.0 Å². The van der Waals surface area contributed by atoms with Gasteiger partial charge in [0.05, 0.1) is 6.10 Å². The van der Waals surface area contributed by atoms with E-state index in [1.165, 1.54) is 19.3 Å². The Kier molecular flexibility index (Phi) is 5.07. The summed E-state index contributed by atoms with van der Waals surface area (Å²) in [5, 5.41) is 16.8. The van der Waals surface area contributed by atoms with Crippen LogP contribution in [0.2, 0.25) is 0 Å². The molecule has 0 unspecified atom stereocenters. The molecule has 0 radical (unpaired) electrons. The van der Waals surface area contributed by atoms with Gasteiger partial charge in [-0.3, -0.25) is 4.79 Å². The number of amides is 1. The number of nitrogens with one attached hydrogen (secondary N) is 1. The first-order valence-electron chi connectivity index (χ1n) is 9.65. The minimum Gasteiger partial charge on any atom is -0.391 e. The van der Waals surface area contributed by atoms with Crippen molar-refractivity contribution in [3.05, 3.63) is 24.2 Å². The summed E-state index contributed by atoms with van der Waals surface area (Å²) in [6, 6.07) is 3.18. The number of anilines is 1. The Bertz CT molecular complexity index is 779. The molecule has 1 aliphatic heterocycles. The van der Waals surface area contributed by atoms with Crippen molar-refractivity contribution in [1.82, 2.24) is 20.4 Å². The Hall–Kier alpha value is -2.48. The van der Waals surface area contributed by atoms with Gasteiger partial charge in [0.1, 0.15) is 11.9 Å². The van der Waals surface area contributed by atoms with Gasteiger partial charge in [0.2, 0.25) is 11.7 Å². The van der Waals surface area contributed by atoms with Crippen LogP contribution in [-0.4, -0.2) is 45.3 Å². The zero-order chi connectivity index (χ0) is 18.8. The SMILES string of the molecule is C[C@@H](O)[C@@H](NC(=O)C1CC1)c1nc(-c2ccc(N3CCCCC3)nc2)no1. The van der Waals surface area contributed by atoms with Crippen molar-refractivity contribution >= 4 is 11.7 Å². The zero-order valence-corrected chi connectivity index (χ0v) is 15.5. The largest absolute Gasteiger partial charge is 0.391 e. The van der Waals surface area contributed by atoms with E-state index in [0.29, 0.717) is 5.82 Å². The molecule has 2 aromatic heterocycles. The van der Waals surface area contributed by atoms with Gasteiger partial charge in [-0.05, 0) is 51.2 Å². The lowest BCUT2D eigenvalue weighted by atomic mass is 10.1. The average molecular weight is 371 g/mol. The number of hydrogen-bond donors (Lipinski definition) is 2. The van der Waals surface area contributed by atoms with Crippen LogP contribution in [0.25, 0.3) is 11.4 Å². The molecule has 0 spiro atoms. The fourth-order valence-electron chi connectivity index (χ4n) is 3.31. The Labute approximate surface area is 158 Å². The number of pyridine rings is 1. The number of aromatic nitrogens is 3. The Balaban J connectivity index is 1.48. The molecular weight excluding hydrogens is 346 g/mol. The molecule has 3 heterocycles. The number of aliphatic hydroxyl groups excluding tert-OH is 1. The molecule has 2 aliphatic rings. The van der Waals surface area contributed by atoms with Gasteiger partial charge < -0.3 is 19.8 Å². The summed E-state index contributed by atoms with van der Waals surface area (Å²) < 4.78 is 5.32. The smallest absolute Gasteiger partial charge is 0.252 e. The predicted octanol–water partition coefficient (Wildman–Crippen LogP) is 2.07. The summed E-state index contributed by atoms with van der Waals surface area (Å²) in [5.41, 5.74) is 0.739. The second-order valence-corrected chi connectivity index (χ2v) is 7.41. The van der Waals surface area contributed by atoms with Crippen LogP contribution in [0.3, 0.4) is 0 Å². The Morgan fingerprint density at radius 2 is 2.07 bits per heavy atom. The number of hydrogen-bond acceptors (Lipinski definition) is 7. The van der Waals surface area contributed by atoms with Gasteiger partial charge in [-0.1, -0.05) is 5.16 Å². The van der Waals surface area contributed by atoms with Crippen LogP contribution in [0.15, 0.2) is 22.9 Å². The maximum absolute atomic E-state index is 12.0. The van der Waals surface area contributed by atoms with Crippen LogP contribution in [-0.2, 0) is 4.79 Å². The van der Waals surface area contributed by atoms with Crippen molar-refractivity contribution in [1.29, 1.82) is 0 Å². The molecule has 2 aromatic rings. The van der Waals surface area contributed by atoms with Gasteiger partial charge >= 0.3 is 0 Å². The number of piperidine rings is 1. The highest BCUT2D eigenvalue weighted by atomic mass is 16.5. The molecule has 1 aliphatic carbocycles. The molecule has 27 heavy (non-hydrogen) atoms. The summed E-state index contributed by atoms with van der Waals surface area (Å²) in [4.78, 5) is 23.2. The predicted molar refractivity (Wildman–Crippen MR) is 98.9 cm³/mol. The average Bonchev–Trinajstić information content (AvgIpc) is 3.44. The molecule has 1 amide bonds. The molecule has 1 saturated heterocycles. The highest BCUT2D eigenvalue weighted by Crippen LogP contribution is 2.30. The number of aliphatic hydroxyl groups is 1. The third-order valence-corrected chi connectivity index (χ3v) is 5.12. The summed E-state index contributed by atoms with van der Waals surface area (Å²) in [7, 11) is 0. The van der Waals surface area contributed by atoms with E-state index >= 15 is 0 Å². The van der Waals surface area contributed by atoms with E-state index in [-0.39, 0.29) is 17.7 Å². The van der Waals surface area contributed by atoms with Crippen LogP contribution in [0.4, 0.5) is 5.82 Å². The second-order valence-electron chi connectivity index (χ2n) is 7.41. The number of rotatable bonds is 6. The van der Waals surface area contributed by atoms with Gasteiger partial charge in [-0.2, -0.15) is 4.98 Å². The van der Waals surface area contributed by atoms with Crippen molar-refractivity contribution in [2.45, 2.75) is 51.2 Å². The van der Waals surface area contributed by atoms with Crippen molar-refractivity contribution in [3.8, 4) is 11.4 Å². The first kappa shape index (κ1) is 17.9. The standard InChI is InChI=1S/C19H25N5O3/c1-12(25)16(21-18(26)13-5-6-13)19-22-17(23-27-19)14-7-8-15(20-11-14)24-9-3-2-4-10-24/h7-8,11-13,16,25H,2-6,9-10H2,1H3,(H,21,26)/t12-,16-/m1/s1. The van der Waals surface area contributed by atoms with E-state index in [1.807, 2.05) is 12.1 Å². The van der Waals surface area contributed by atoms with E-state index < -0.39 is 12.1 Å². The molecule has 2 N–H and O–H groups in total. The van der Waals surface area contributed by atoms with E-state index in [2.05, 4.69) is 25.3 Å². The van der Waals surface area contributed by atoms with Crippen LogP contribution in [0, 0.1) is 5.92 Å². The first-order valence-corrected chi connectivity index (χ1v) is 9.65. The quantitative estimate of drug-likeness (QED) is 0.801. The fraction of sp³-hybridized carbons (Fsp3) is 0.579. The third-order valence-electron chi connectivity index (χ3n) is 5.12. The molecule has 0 bridgehead atoms. The molecule has 2 atom stereocenters. The summed E-state index contributed by atoms with van der Waals surface area (Å²) >= 11 is 0. The molecule has 2 fully saturated rings. The Morgan fingerprint density at radius 3 is 2.70 bits per heavy atom. The van der Waals surface area contributed by atoms with Gasteiger partial charge in [0.25, 0.3) is 5.89 Å². The Morgan fingerprint density at radius 1 is 1.30 bits per heavy atom. The molecular formula is C19H25N5O3. The maximum Gasteiger partial charge on any atom is 0.252 e. The number of nitrogens with zero attached hydrogens (tertiary/aromatic N) is 4. The molecule has 144 valence electrons. The van der Waals surface area contributed by atoms with E-state index in [1.54, 1.807) is 13.1 Å². The van der Waals surface area contributed by atoms with Gasteiger partial charge in [-0.15, -0.1) is 0 Å². The summed E-state index contributed by atoms with van der Waals surface area (Å²) in [6.45, 7) is 3.67. The lowest BCUT2D eigenvalue weighted by Gasteiger charge is -2.27. The molecule has 0 aromatic carbocycles. The van der Waals surface area contributed by atoms with Crippen LogP contribution in [0.5, 0.6) is 0 Å². The molecule has 1 saturated carbocycles. The highest BCUT2D eigenvalue weighted by Gasteiger charge is 2.34. The minimum absolute atomic E-state index is 0.0418. The second kappa shape index (κ2) is 7.64. The van der Waals surface area contributed by atoms with Crippen molar-refractivity contribution in [2.75, 3.05) is 18.0 Å².